The molecular formula is C17H17FN2O. The first-order valence-electron chi connectivity index (χ1n) is 7.08. The molecule has 0 saturated heterocycles. The van der Waals surface area contributed by atoms with Crippen molar-refractivity contribution < 1.29 is 9.18 Å². The third-order valence-corrected chi connectivity index (χ3v) is 3.76. The Balaban J connectivity index is 1.86. The fourth-order valence-corrected chi connectivity index (χ4v) is 2.61. The van der Waals surface area contributed by atoms with E-state index in [9.17, 15) is 9.18 Å². The van der Waals surface area contributed by atoms with Gasteiger partial charge in [-0.25, -0.2) is 4.39 Å². The number of halogens is 1. The van der Waals surface area contributed by atoms with Crippen LogP contribution in [-0.2, 0) is 6.42 Å². The Morgan fingerprint density at radius 1 is 1.29 bits per heavy atom. The maximum atomic E-state index is 13.3. The predicted octanol–water partition coefficient (Wildman–Crippen LogP) is 3.74. The first-order valence-corrected chi connectivity index (χ1v) is 7.08. The van der Waals surface area contributed by atoms with Crippen molar-refractivity contribution in [1.82, 2.24) is 0 Å². The van der Waals surface area contributed by atoms with Gasteiger partial charge in [0.05, 0.1) is 0 Å². The van der Waals surface area contributed by atoms with Crippen molar-refractivity contribution in [3.05, 3.63) is 58.9 Å². The third kappa shape index (κ3) is 2.75. The molecule has 1 aliphatic rings. The molecule has 108 valence electrons. The van der Waals surface area contributed by atoms with Crippen LogP contribution >= 0.6 is 0 Å². The van der Waals surface area contributed by atoms with Crippen LogP contribution in [0.5, 0.6) is 0 Å². The van der Waals surface area contributed by atoms with E-state index in [1.54, 1.807) is 13.0 Å². The number of hydrogen-bond donors (Lipinski definition) is 2. The van der Waals surface area contributed by atoms with E-state index >= 15 is 0 Å². The van der Waals surface area contributed by atoms with Gasteiger partial charge in [-0.2, -0.15) is 0 Å². The molecular weight excluding hydrogens is 267 g/mol. The second-order valence-electron chi connectivity index (χ2n) is 5.28. The molecule has 2 N–H and O–H groups in total. The van der Waals surface area contributed by atoms with Crippen molar-refractivity contribution in [3.8, 4) is 0 Å². The minimum atomic E-state index is -0.298. The van der Waals surface area contributed by atoms with Crippen molar-refractivity contribution in [2.24, 2.45) is 0 Å². The Kier molecular flexibility index (Phi) is 3.60. The van der Waals surface area contributed by atoms with E-state index in [1.165, 1.54) is 12.1 Å². The lowest BCUT2D eigenvalue weighted by atomic mass is 10.0. The topological polar surface area (TPSA) is 41.1 Å². The zero-order valence-electron chi connectivity index (χ0n) is 11.9. The van der Waals surface area contributed by atoms with E-state index in [0.717, 1.165) is 36.3 Å². The standard InChI is InChI=1S/C17H17FN2O/c1-11-10-12(7-8-14(11)18)17(21)20-16-6-2-5-15-13(16)4-3-9-19-15/h2,5-8,10,19H,3-4,9H2,1H3,(H,20,21). The smallest absolute Gasteiger partial charge is 0.255 e. The van der Waals surface area contributed by atoms with Crippen LogP contribution < -0.4 is 10.6 Å². The zero-order valence-corrected chi connectivity index (χ0v) is 11.9. The van der Waals surface area contributed by atoms with Crippen molar-refractivity contribution in [2.75, 3.05) is 17.2 Å². The number of carbonyl (C=O) groups is 1. The Hall–Kier alpha value is -2.36. The van der Waals surface area contributed by atoms with Gasteiger partial charge in [-0.05, 0) is 61.2 Å². The molecule has 1 heterocycles. The summed E-state index contributed by atoms with van der Waals surface area (Å²) in [4.78, 5) is 12.3. The van der Waals surface area contributed by atoms with Gasteiger partial charge in [0.25, 0.3) is 5.91 Å². The normalized spacial score (nSPS) is 13.2. The lowest BCUT2D eigenvalue weighted by Crippen LogP contribution is -2.17. The van der Waals surface area contributed by atoms with Gasteiger partial charge in [0.1, 0.15) is 5.82 Å². The summed E-state index contributed by atoms with van der Waals surface area (Å²) in [6.07, 6.45) is 2.00. The van der Waals surface area contributed by atoms with E-state index in [2.05, 4.69) is 10.6 Å². The van der Waals surface area contributed by atoms with Gasteiger partial charge in [0, 0.05) is 23.5 Å². The Morgan fingerprint density at radius 3 is 2.95 bits per heavy atom. The van der Waals surface area contributed by atoms with Crippen LogP contribution in [0.4, 0.5) is 15.8 Å². The van der Waals surface area contributed by atoms with Crippen LogP contribution in [0.15, 0.2) is 36.4 Å². The fraction of sp³-hybridized carbons (Fsp3) is 0.235. The summed E-state index contributed by atoms with van der Waals surface area (Å²) in [7, 11) is 0. The summed E-state index contributed by atoms with van der Waals surface area (Å²) in [6.45, 7) is 2.61. The summed E-state index contributed by atoms with van der Waals surface area (Å²) < 4.78 is 13.3. The van der Waals surface area contributed by atoms with E-state index in [-0.39, 0.29) is 11.7 Å². The van der Waals surface area contributed by atoms with Crippen LogP contribution in [0.1, 0.15) is 27.9 Å². The van der Waals surface area contributed by atoms with Gasteiger partial charge in [-0.15, -0.1) is 0 Å². The molecule has 0 aromatic heterocycles. The maximum Gasteiger partial charge on any atom is 0.255 e. The highest BCUT2D eigenvalue weighted by Crippen LogP contribution is 2.29. The van der Waals surface area contributed by atoms with Gasteiger partial charge < -0.3 is 10.6 Å². The average molecular weight is 284 g/mol. The third-order valence-electron chi connectivity index (χ3n) is 3.76. The summed E-state index contributed by atoms with van der Waals surface area (Å²) in [5.74, 6) is -0.509. The zero-order chi connectivity index (χ0) is 14.8. The van der Waals surface area contributed by atoms with Gasteiger partial charge in [-0.3, -0.25) is 4.79 Å². The molecule has 1 aliphatic heterocycles. The number of anilines is 2. The van der Waals surface area contributed by atoms with Gasteiger partial charge in [0.2, 0.25) is 0 Å². The highest BCUT2D eigenvalue weighted by Gasteiger charge is 2.15. The molecule has 0 bridgehead atoms. The number of rotatable bonds is 2. The summed E-state index contributed by atoms with van der Waals surface area (Å²) >= 11 is 0. The molecule has 2 aromatic carbocycles. The van der Waals surface area contributed by atoms with E-state index in [1.807, 2.05) is 18.2 Å². The highest BCUT2D eigenvalue weighted by atomic mass is 19.1. The first kappa shape index (κ1) is 13.6. The molecule has 2 aromatic rings. The number of aryl methyl sites for hydroxylation is 1. The Labute approximate surface area is 123 Å². The highest BCUT2D eigenvalue weighted by molar-refractivity contribution is 6.05. The molecule has 3 nitrogen and oxygen atoms in total. The van der Waals surface area contributed by atoms with Crippen LogP contribution in [0, 0.1) is 12.7 Å². The fourth-order valence-electron chi connectivity index (χ4n) is 2.61. The summed E-state index contributed by atoms with van der Waals surface area (Å²) in [6, 6.07) is 10.2. The SMILES string of the molecule is Cc1cc(C(=O)Nc2cccc3c2CCCN3)ccc1F. The average Bonchev–Trinajstić information content (AvgIpc) is 2.50. The Bertz CT molecular complexity index is 697. The number of fused-ring (bicyclic) bond motifs is 1. The molecule has 4 heteroatoms. The van der Waals surface area contributed by atoms with Gasteiger partial charge >= 0.3 is 0 Å². The quantitative estimate of drug-likeness (QED) is 0.882. The number of benzene rings is 2. The number of carbonyl (C=O) groups excluding carboxylic acids is 1. The van der Waals surface area contributed by atoms with Crippen molar-refractivity contribution in [2.45, 2.75) is 19.8 Å². The van der Waals surface area contributed by atoms with Gasteiger partial charge in [0.15, 0.2) is 0 Å². The van der Waals surface area contributed by atoms with Crippen LogP contribution in [0.2, 0.25) is 0 Å². The monoisotopic (exact) mass is 284 g/mol. The second kappa shape index (κ2) is 5.56. The van der Waals surface area contributed by atoms with Crippen LogP contribution in [0.25, 0.3) is 0 Å². The molecule has 1 amide bonds. The Morgan fingerprint density at radius 2 is 2.14 bits per heavy atom. The van der Waals surface area contributed by atoms with E-state index in [4.69, 9.17) is 0 Å². The molecule has 0 unspecified atom stereocenters. The molecule has 0 saturated carbocycles. The largest absolute Gasteiger partial charge is 0.385 e. The predicted molar refractivity (Wildman–Crippen MR) is 82.3 cm³/mol. The minimum Gasteiger partial charge on any atom is -0.385 e. The van der Waals surface area contributed by atoms with Crippen molar-refractivity contribution in [1.29, 1.82) is 0 Å². The molecule has 0 atom stereocenters. The summed E-state index contributed by atoms with van der Waals surface area (Å²) in [5, 5.41) is 6.26. The summed E-state index contributed by atoms with van der Waals surface area (Å²) in [5.41, 5.74) is 3.98. The molecule has 0 spiro atoms. The van der Waals surface area contributed by atoms with Crippen LogP contribution in [-0.4, -0.2) is 12.5 Å². The lowest BCUT2D eigenvalue weighted by molar-refractivity contribution is 0.102. The molecule has 0 aliphatic carbocycles. The van der Waals surface area contributed by atoms with Crippen molar-refractivity contribution >= 4 is 17.3 Å². The number of nitrogens with one attached hydrogen (secondary N) is 2. The number of hydrogen-bond acceptors (Lipinski definition) is 2. The maximum absolute atomic E-state index is 13.3. The molecule has 3 rings (SSSR count). The minimum absolute atomic E-state index is 0.211. The molecule has 0 fully saturated rings. The molecule has 0 radical (unpaired) electrons. The van der Waals surface area contributed by atoms with Gasteiger partial charge in [-0.1, -0.05) is 6.07 Å². The van der Waals surface area contributed by atoms with E-state index in [0.29, 0.717) is 11.1 Å². The first-order chi connectivity index (χ1) is 10.1. The molecule has 21 heavy (non-hydrogen) atoms. The van der Waals surface area contributed by atoms with E-state index < -0.39 is 0 Å². The lowest BCUT2D eigenvalue weighted by Gasteiger charge is -2.21. The second-order valence-corrected chi connectivity index (χ2v) is 5.28. The van der Waals surface area contributed by atoms with Crippen LogP contribution in [0.3, 0.4) is 0 Å². The van der Waals surface area contributed by atoms with Crippen molar-refractivity contribution in [3.63, 3.8) is 0 Å². The number of amides is 1.